The number of aromatic nitrogens is 3. The lowest BCUT2D eigenvalue weighted by atomic mass is 9.79. The number of halogens is 3. The summed E-state index contributed by atoms with van der Waals surface area (Å²) < 4.78 is 37.6. The Morgan fingerprint density at radius 3 is 2.62 bits per heavy atom. The van der Waals surface area contributed by atoms with E-state index in [4.69, 9.17) is 28.6 Å². The summed E-state index contributed by atoms with van der Waals surface area (Å²) in [6, 6.07) is 10.7. The molecule has 4 rings (SSSR count). The molecule has 0 unspecified atom stereocenters. The molecule has 1 saturated heterocycles. The average molecular weight is 394 g/mol. The zero-order chi connectivity index (χ0) is 18.5. The topological polar surface area (TPSA) is 32.0 Å². The summed E-state index contributed by atoms with van der Waals surface area (Å²) in [5, 5.41) is 4.70. The van der Waals surface area contributed by atoms with Crippen LogP contribution in [0.15, 0.2) is 48.8 Å². The quantitative estimate of drug-likeness (QED) is 0.618. The number of ether oxygens (including phenoxy) is 1. The molecule has 0 N–H and O–H groups in total. The second kappa shape index (κ2) is 6.26. The third-order valence-corrected chi connectivity index (χ3v) is 5.53. The van der Waals surface area contributed by atoms with E-state index in [9.17, 15) is 8.78 Å². The average Bonchev–Trinajstić information content (AvgIpc) is 2.91. The van der Waals surface area contributed by atoms with Crippen molar-refractivity contribution in [3.63, 3.8) is 0 Å². The molecule has 0 amide bonds. The first-order valence-corrected chi connectivity index (χ1v) is 8.69. The summed E-state index contributed by atoms with van der Waals surface area (Å²) in [5.74, 6) is -1.69. The molecule has 0 radical (unpaired) electrons. The third kappa shape index (κ3) is 2.42. The summed E-state index contributed by atoms with van der Waals surface area (Å²) >= 11 is 11.8. The van der Waals surface area contributed by atoms with Crippen LogP contribution in [0, 0.1) is 16.4 Å². The smallest absolute Gasteiger partial charge is 0.200 e. The molecule has 4 nitrogen and oxygen atoms in total. The van der Waals surface area contributed by atoms with E-state index in [2.05, 4.69) is 5.10 Å². The zero-order valence-electron chi connectivity index (χ0n) is 13.7. The fourth-order valence-electron chi connectivity index (χ4n) is 3.41. The molecule has 3 aromatic rings. The van der Waals surface area contributed by atoms with Gasteiger partial charge in [-0.05, 0) is 36.0 Å². The van der Waals surface area contributed by atoms with Gasteiger partial charge in [0.15, 0.2) is 10.5 Å². The first kappa shape index (κ1) is 17.3. The van der Waals surface area contributed by atoms with Crippen LogP contribution in [0.4, 0.5) is 8.78 Å². The zero-order valence-corrected chi connectivity index (χ0v) is 15.3. The number of nitrogens with zero attached hydrogens (tertiary/aromatic N) is 3. The lowest BCUT2D eigenvalue weighted by molar-refractivity contribution is -0.200. The Morgan fingerprint density at radius 1 is 1.27 bits per heavy atom. The molecular weight excluding hydrogens is 380 g/mol. The highest BCUT2D eigenvalue weighted by atomic mass is 35.5. The second-order valence-corrected chi connectivity index (χ2v) is 6.89. The first-order valence-electron chi connectivity index (χ1n) is 7.90. The Balaban J connectivity index is 1.98. The van der Waals surface area contributed by atoms with Crippen molar-refractivity contribution in [1.82, 2.24) is 14.3 Å². The minimum absolute atomic E-state index is 0.180. The van der Waals surface area contributed by atoms with Gasteiger partial charge >= 0.3 is 0 Å². The van der Waals surface area contributed by atoms with Crippen LogP contribution < -0.4 is 0 Å². The number of rotatable bonds is 3. The fourth-order valence-corrected chi connectivity index (χ4v) is 3.90. The van der Waals surface area contributed by atoms with E-state index in [0.29, 0.717) is 16.4 Å². The molecule has 0 spiro atoms. The number of hydrogen-bond donors (Lipinski definition) is 0. The van der Waals surface area contributed by atoms with E-state index in [1.165, 1.54) is 23.1 Å². The minimum atomic E-state index is -1.28. The van der Waals surface area contributed by atoms with Crippen LogP contribution in [0.5, 0.6) is 0 Å². The predicted molar refractivity (Wildman–Crippen MR) is 95.6 cm³/mol. The highest BCUT2D eigenvalue weighted by Crippen LogP contribution is 2.51. The van der Waals surface area contributed by atoms with Gasteiger partial charge in [-0.2, -0.15) is 5.10 Å². The summed E-state index contributed by atoms with van der Waals surface area (Å²) in [5.41, 5.74) is -0.303. The maximum atomic E-state index is 14.8. The van der Waals surface area contributed by atoms with Gasteiger partial charge in [-0.25, -0.2) is 13.5 Å². The summed E-state index contributed by atoms with van der Waals surface area (Å²) in [4.78, 5) is 0. The lowest BCUT2D eigenvalue weighted by Gasteiger charge is -2.50. The molecule has 1 aliphatic heterocycles. The summed E-state index contributed by atoms with van der Waals surface area (Å²) in [6.07, 6.45) is 1.49. The Kier molecular flexibility index (Phi) is 4.17. The van der Waals surface area contributed by atoms with E-state index in [-0.39, 0.29) is 11.5 Å². The van der Waals surface area contributed by atoms with Crippen LogP contribution in [0.2, 0.25) is 5.02 Å². The molecule has 8 heteroatoms. The number of hydrogen-bond acceptors (Lipinski definition) is 3. The maximum Gasteiger partial charge on any atom is 0.200 e. The molecule has 2 atom stereocenters. The second-order valence-electron chi connectivity index (χ2n) is 6.11. The minimum Gasteiger partial charge on any atom is -0.349 e. The molecule has 1 aliphatic rings. The molecule has 2 aromatic carbocycles. The standard InChI is InChI=1S/C18H14ClF2N3OS/c1-23-17(26)24(10-22-23)18(13-7-6-11(20)8-16(13)21)14(9-25-18)12-4-2-3-5-15(12)19/h2-8,10,14H,9H2,1H3/t14-,18-/m0/s1. The van der Waals surface area contributed by atoms with E-state index in [1.807, 2.05) is 18.2 Å². The van der Waals surface area contributed by atoms with Crippen molar-refractivity contribution in [2.45, 2.75) is 11.6 Å². The summed E-state index contributed by atoms with van der Waals surface area (Å²) in [6.45, 7) is 0.317. The fraction of sp³-hybridized carbons (Fsp3) is 0.222. The Labute approximate surface area is 158 Å². The highest BCUT2D eigenvalue weighted by molar-refractivity contribution is 7.71. The van der Waals surface area contributed by atoms with Crippen LogP contribution >= 0.6 is 23.8 Å². The summed E-state index contributed by atoms with van der Waals surface area (Å²) in [7, 11) is 1.69. The van der Waals surface area contributed by atoms with Gasteiger partial charge in [0.05, 0.1) is 12.5 Å². The molecular formula is C18H14ClF2N3OS. The van der Waals surface area contributed by atoms with Crippen molar-refractivity contribution in [2.24, 2.45) is 7.05 Å². The van der Waals surface area contributed by atoms with Gasteiger partial charge in [-0.15, -0.1) is 0 Å². The molecule has 1 fully saturated rings. The molecule has 134 valence electrons. The van der Waals surface area contributed by atoms with E-state index in [1.54, 1.807) is 17.7 Å². The third-order valence-electron chi connectivity index (χ3n) is 4.72. The maximum absolute atomic E-state index is 14.8. The Hall–Kier alpha value is -2.09. The molecule has 0 saturated carbocycles. The van der Waals surface area contributed by atoms with Gasteiger partial charge < -0.3 is 4.74 Å². The van der Waals surface area contributed by atoms with Gasteiger partial charge in [-0.1, -0.05) is 29.8 Å². The Morgan fingerprint density at radius 2 is 2.04 bits per heavy atom. The van der Waals surface area contributed by atoms with E-state index >= 15 is 0 Å². The lowest BCUT2D eigenvalue weighted by Crippen LogP contribution is -2.55. The van der Waals surface area contributed by atoms with Crippen LogP contribution in [-0.4, -0.2) is 21.0 Å². The largest absolute Gasteiger partial charge is 0.349 e. The van der Waals surface area contributed by atoms with Crippen LogP contribution in [0.25, 0.3) is 0 Å². The van der Waals surface area contributed by atoms with Gasteiger partial charge in [0, 0.05) is 23.7 Å². The van der Waals surface area contributed by atoms with Crippen molar-refractivity contribution in [1.29, 1.82) is 0 Å². The Bertz CT molecular complexity index is 1050. The van der Waals surface area contributed by atoms with Crippen molar-refractivity contribution in [2.75, 3.05) is 6.61 Å². The van der Waals surface area contributed by atoms with Crippen molar-refractivity contribution in [3.8, 4) is 0 Å². The molecule has 0 aliphatic carbocycles. The van der Waals surface area contributed by atoms with E-state index < -0.39 is 17.4 Å². The molecule has 2 heterocycles. The van der Waals surface area contributed by atoms with Gasteiger partial charge in [-0.3, -0.25) is 4.57 Å². The van der Waals surface area contributed by atoms with Gasteiger partial charge in [0.25, 0.3) is 0 Å². The molecule has 0 bridgehead atoms. The number of benzene rings is 2. The molecule has 1 aromatic heterocycles. The predicted octanol–water partition coefficient (Wildman–Crippen LogP) is 4.40. The van der Waals surface area contributed by atoms with Crippen LogP contribution in [-0.2, 0) is 17.5 Å². The van der Waals surface area contributed by atoms with Gasteiger partial charge in [0.2, 0.25) is 0 Å². The van der Waals surface area contributed by atoms with Crippen molar-refractivity contribution < 1.29 is 13.5 Å². The highest BCUT2D eigenvalue weighted by Gasteiger charge is 2.55. The molecule has 26 heavy (non-hydrogen) atoms. The van der Waals surface area contributed by atoms with Crippen LogP contribution in [0.1, 0.15) is 17.0 Å². The normalized spacial score (nSPS) is 22.2. The van der Waals surface area contributed by atoms with E-state index in [0.717, 1.165) is 11.6 Å². The van der Waals surface area contributed by atoms with Crippen LogP contribution in [0.3, 0.4) is 0 Å². The monoisotopic (exact) mass is 393 g/mol. The van der Waals surface area contributed by atoms with Gasteiger partial charge in [0.1, 0.15) is 18.0 Å². The van der Waals surface area contributed by atoms with Crippen molar-refractivity contribution >= 4 is 23.8 Å². The number of aryl methyl sites for hydroxylation is 1. The first-order chi connectivity index (χ1) is 12.4. The SMILES string of the molecule is Cn1ncn([C@@]2(c3ccc(F)cc3F)OC[C@H]2c2ccccc2Cl)c1=S. The van der Waals surface area contributed by atoms with Crippen molar-refractivity contribution in [3.05, 3.63) is 81.3 Å².